The van der Waals surface area contributed by atoms with Crippen LogP contribution in [0.2, 0.25) is 5.02 Å². The van der Waals surface area contributed by atoms with Crippen molar-refractivity contribution in [1.82, 2.24) is 25.2 Å². The minimum Gasteiger partial charge on any atom is -0.480 e. The Hall–Kier alpha value is -2.65. The number of amides is 1. The lowest BCUT2D eigenvalue weighted by molar-refractivity contribution is -0.122. The fourth-order valence-corrected chi connectivity index (χ4v) is 3.73. The first-order valence-electron chi connectivity index (χ1n) is 9.60. The first-order valence-corrected chi connectivity index (χ1v) is 9.97. The lowest BCUT2D eigenvalue weighted by atomic mass is 10.1. The van der Waals surface area contributed by atoms with Crippen LogP contribution in [0.4, 0.5) is 17.5 Å². The van der Waals surface area contributed by atoms with E-state index in [0.717, 1.165) is 37.2 Å². The molecule has 0 bridgehead atoms. The molecule has 0 radical (unpaired) electrons. The van der Waals surface area contributed by atoms with Crippen LogP contribution in [-0.4, -0.2) is 59.6 Å². The summed E-state index contributed by atoms with van der Waals surface area (Å²) in [5.41, 5.74) is 2.91. The Kier molecular flexibility index (Phi) is 5.68. The van der Waals surface area contributed by atoms with Gasteiger partial charge in [-0.25, -0.2) is 9.97 Å². The number of methoxy groups -OCH3 is 1. The first-order chi connectivity index (χ1) is 14.0. The predicted molar refractivity (Wildman–Crippen MR) is 111 cm³/mol. The molecule has 0 spiro atoms. The van der Waals surface area contributed by atoms with Crippen LogP contribution >= 0.6 is 11.6 Å². The molecule has 29 heavy (non-hydrogen) atoms. The average Bonchev–Trinajstić information content (AvgIpc) is 3.12. The van der Waals surface area contributed by atoms with E-state index in [0.29, 0.717) is 41.4 Å². The largest absolute Gasteiger partial charge is 0.480 e. The highest BCUT2D eigenvalue weighted by Crippen LogP contribution is 2.30. The van der Waals surface area contributed by atoms with E-state index in [9.17, 15) is 4.79 Å². The Morgan fingerprint density at radius 2 is 2.28 bits per heavy atom. The normalized spacial score (nSPS) is 18.9. The third kappa shape index (κ3) is 4.35. The zero-order valence-electron chi connectivity index (χ0n) is 16.5. The van der Waals surface area contributed by atoms with Gasteiger partial charge in [-0.05, 0) is 25.1 Å². The molecule has 1 atom stereocenters. The maximum Gasteiger partial charge on any atom is 0.237 e. The summed E-state index contributed by atoms with van der Waals surface area (Å²) in [6.07, 6.45) is 3.22. The molecule has 2 aliphatic heterocycles. The number of hydrogen-bond donors (Lipinski definition) is 3. The summed E-state index contributed by atoms with van der Waals surface area (Å²) in [5, 5.41) is 9.56. The maximum absolute atomic E-state index is 11.7. The van der Waals surface area contributed by atoms with E-state index in [4.69, 9.17) is 16.3 Å². The van der Waals surface area contributed by atoms with Crippen LogP contribution in [0, 0.1) is 5.92 Å². The predicted octanol–water partition coefficient (Wildman–Crippen LogP) is 1.81. The van der Waals surface area contributed by atoms with Crippen LogP contribution in [-0.2, 0) is 17.8 Å². The number of fused-ring (bicyclic) bond motifs is 1. The minimum atomic E-state index is -0.0839. The molecule has 1 amide bonds. The monoisotopic (exact) mass is 417 g/mol. The molecule has 1 unspecified atom stereocenters. The molecule has 9 nitrogen and oxygen atoms in total. The molecule has 4 rings (SSSR count). The van der Waals surface area contributed by atoms with E-state index in [2.05, 4.69) is 42.8 Å². The number of nitrogens with one attached hydrogen (secondary N) is 3. The van der Waals surface area contributed by atoms with Crippen molar-refractivity contribution in [2.75, 3.05) is 44.4 Å². The van der Waals surface area contributed by atoms with Gasteiger partial charge in [0.15, 0.2) is 5.82 Å². The number of anilines is 3. The van der Waals surface area contributed by atoms with Crippen LogP contribution in [0.15, 0.2) is 12.3 Å². The molecular weight excluding hydrogens is 394 g/mol. The fourth-order valence-electron chi connectivity index (χ4n) is 3.57. The highest BCUT2D eigenvalue weighted by atomic mass is 35.5. The van der Waals surface area contributed by atoms with Gasteiger partial charge in [0.1, 0.15) is 10.7 Å². The Morgan fingerprint density at radius 1 is 1.41 bits per heavy atom. The number of halogens is 1. The van der Waals surface area contributed by atoms with Crippen molar-refractivity contribution in [2.45, 2.75) is 19.4 Å². The first kappa shape index (κ1) is 19.7. The van der Waals surface area contributed by atoms with Crippen molar-refractivity contribution in [3.63, 3.8) is 0 Å². The zero-order chi connectivity index (χ0) is 20.4. The van der Waals surface area contributed by atoms with Gasteiger partial charge in [0.25, 0.3) is 0 Å². The molecule has 4 heterocycles. The number of carbonyl (C=O) groups is 1. The Balaban J connectivity index is 1.53. The van der Waals surface area contributed by atoms with Gasteiger partial charge in [0.05, 0.1) is 24.9 Å². The van der Waals surface area contributed by atoms with Gasteiger partial charge in [-0.3, -0.25) is 4.79 Å². The molecule has 0 aliphatic carbocycles. The van der Waals surface area contributed by atoms with E-state index in [-0.39, 0.29) is 11.8 Å². The van der Waals surface area contributed by atoms with Gasteiger partial charge in [0.2, 0.25) is 17.7 Å². The Bertz CT molecular complexity index is 924. The van der Waals surface area contributed by atoms with Crippen molar-refractivity contribution in [2.24, 2.45) is 5.92 Å². The van der Waals surface area contributed by atoms with Gasteiger partial charge in [0, 0.05) is 32.6 Å². The molecule has 2 aromatic rings. The maximum atomic E-state index is 11.7. The lowest BCUT2D eigenvalue weighted by Crippen LogP contribution is -2.27. The van der Waals surface area contributed by atoms with Gasteiger partial charge in [-0.1, -0.05) is 11.6 Å². The number of ether oxygens (including phenoxy) is 1. The minimum absolute atomic E-state index is 0.0517. The van der Waals surface area contributed by atoms with Crippen LogP contribution in [0.5, 0.6) is 5.88 Å². The van der Waals surface area contributed by atoms with Gasteiger partial charge in [-0.15, -0.1) is 0 Å². The zero-order valence-corrected chi connectivity index (χ0v) is 17.2. The standard InChI is InChI=1S/C19H24ClN7O2/c1-27-6-4-14-12(10-27)7-15(18(24-14)29-2)25-19-23-9-13(20)16(26-19)22-8-11-3-5-21-17(11)28/h7,9,11H,3-6,8,10H2,1-2H3,(H,21,28)(H2,22,23,25,26). The van der Waals surface area contributed by atoms with E-state index in [1.54, 1.807) is 7.11 Å². The van der Waals surface area contributed by atoms with Gasteiger partial charge in [-0.2, -0.15) is 4.98 Å². The molecule has 0 saturated carbocycles. The van der Waals surface area contributed by atoms with E-state index < -0.39 is 0 Å². The van der Waals surface area contributed by atoms with E-state index in [1.165, 1.54) is 6.20 Å². The molecule has 0 aromatic carbocycles. The van der Waals surface area contributed by atoms with Crippen molar-refractivity contribution < 1.29 is 9.53 Å². The van der Waals surface area contributed by atoms with Gasteiger partial charge >= 0.3 is 0 Å². The summed E-state index contributed by atoms with van der Waals surface area (Å²) in [6.45, 7) is 2.98. The summed E-state index contributed by atoms with van der Waals surface area (Å²) in [7, 11) is 3.68. The number of pyridine rings is 1. The van der Waals surface area contributed by atoms with Crippen LogP contribution < -0.4 is 20.7 Å². The highest BCUT2D eigenvalue weighted by molar-refractivity contribution is 6.32. The number of aromatic nitrogens is 3. The molecule has 3 N–H and O–H groups in total. The molecule has 2 aromatic heterocycles. The number of hydrogen-bond acceptors (Lipinski definition) is 8. The molecule has 2 aliphatic rings. The van der Waals surface area contributed by atoms with Crippen LogP contribution in [0.1, 0.15) is 17.7 Å². The second kappa shape index (κ2) is 8.38. The summed E-state index contributed by atoms with van der Waals surface area (Å²) in [5.74, 6) is 1.32. The Labute approximate surface area is 174 Å². The summed E-state index contributed by atoms with van der Waals surface area (Å²) < 4.78 is 5.46. The molecular formula is C19H24ClN7O2. The molecule has 1 fully saturated rings. The van der Waals surface area contributed by atoms with Crippen molar-refractivity contribution in [3.05, 3.63) is 28.5 Å². The van der Waals surface area contributed by atoms with Gasteiger partial charge < -0.3 is 25.6 Å². The lowest BCUT2D eigenvalue weighted by Gasteiger charge is -2.25. The van der Waals surface area contributed by atoms with Crippen molar-refractivity contribution >= 4 is 35.0 Å². The SMILES string of the molecule is COc1nc2c(cc1Nc1ncc(Cl)c(NCC3CCNC3=O)n1)CN(C)CC2. The van der Waals surface area contributed by atoms with E-state index >= 15 is 0 Å². The number of nitrogens with zero attached hydrogens (tertiary/aromatic N) is 4. The second-order valence-corrected chi connectivity index (χ2v) is 7.72. The number of rotatable bonds is 6. The topological polar surface area (TPSA) is 104 Å². The number of likely N-dealkylation sites (N-methyl/N-ethyl adjacent to an activating group) is 1. The van der Waals surface area contributed by atoms with Crippen LogP contribution in [0.25, 0.3) is 0 Å². The number of carbonyl (C=O) groups excluding carboxylic acids is 1. The fraction of sp³-hybridized carbons (Fsp3) is 0.474. The quantitative estimate of drug-likeness (QED) is 0.653. The summed E-state index contributed by atoms with van der Waals surface area (Å²) in [4.78, 5) is 27.4. The average molecular weight is 418 g/mol. The molecule has 1 saturated heterocycles. The third-order valence-electron chi connectivity index (χ3n) is 5.19. The summed E-state index contributed by atoms with van der Waals surface area (Å²) in [6, 6.07) is 2.03. The summed E-state index contributed by atoms with van der Waals surface area (Å²) >= 11 is 6.23. The Morgan fingerprint density at radius 3 is 3.03 bits per heavy atom. The second-order valence-electron chi connectivity index (χ2n) is 7.31. The smallest absolute Gasteiger partial charge is 0.237 e. The van der Waals surface area contributed by atoms with Crippen molar-refractivity contribution in [1.29, 1.82) is 0 Å². The highest BCUT2D eigenvalue weighted by Gasteiger charge is 2.24. The van der Waals surface area contributed by atoms with Crippen molar-refractivity contribution in [3.8, 4) is 5.88 Å². The van der Waals surface area contributed by atoms with E-state index in [1.807, 2.05) is 6.07 Å². The third-order valence-corrected chi connectivity index (χ3v) is 5.47. The molecule has 10 heteroatoms. The molecule has 154 valence electrons. The van der Waals surface area contributed by atoms with Crippen LogP contribution in [0.3, 0.4) is 0 Å².